The van der Waals surface area contributed by atoms with Crippen LogP contribution in [0, 0.1) is 20.8 Å². The molecule has 0 aliphatic heterocycles. The molecule has 0 saturated carbocycles. The first-order chi connectivity index (χ1) is 18.5. The minimum absolute atomic E-state index is 0.129. The Morgan fingerprint density at radius 1 is 0.846 bits per heavy atom. The Hall–Kier alpha value is -4.39. The minimum Gasteiger partial charge on any atom is -0.311 e. The summed E-state index contributed by atoms with van der Waals surface area (Å²) in [5, 5.41) is 10.9. The number of hydrogen-bond donors (Lipinski definition) is 2. The number of urea groups is 1. The highest BCUT2D eigenvalue weighted by atomic mass is 16.2. The summed E-state index contributed by atoms with van der Waals surface area (Å²) >= 11 is 0. The first-order valence-electron chi connectivity index (χ1n) is 13.1. The fraction of sp³-hybridized carbons (Fsp3) is 0.281. The highest BCUT2D eigenvalue weighted by molar-refractivity contribution is 5.97. The number of rotatable bonds is 7. The molecule has 0 bridgehead atoms. The quantitative estimate of drug-likeness (QED) is 0.281. The van der Waals surface area contributed by atoms with Crippen LogP contribution in [0.3, 0.4) is 0 Å². The number of para-hydroxylation sites is 1. The van der Waals surface area contributed by atoms with Crippen LogP contribution in [0.15, 0.2) is 78.9 Å². The number of aromatic nitrogens is 2. The van der Waals surface area contributed by atoms with Crippen molar-refractivity contribution in [3.63, 3.8) is 0 Å². The largest absolute Gasteiger partial charge is 0.322 e. The Morgan fingerprint density at radius 3 is 2.15 bits per heavy atom. The lowest BCUT2D eigenvalue weighted by atomic mass is 9.92. The van der Waals surface area contributed by atoms with Crippen LogP contribution in [0.25, 0.3) is 5.69 Å². The van der Waals surface area contributed by atoms with E-state index in [0.29, 0.717) is 5.82 Å². The predicted molar refractivity (Wildman–Crippen MR) is 157 cm³/mol. The SMILES string of the molecule is Cc1cccc(-n2nc(C(C)(C)C)cc2NC(=O)CN(Cc2ccccc2)C(=O)Nc2c(C)cccc2C)c1. The second-order valence-corrected chi connectivity index (χ2v) is 11.0. The van der Waals surface area contributed by atoms with Gasteiger partial charge in [0.25, 0.3) is 0 Å². The maximum absolute atomic E-state index is 13.5. The van der Waals surface area contributed by atoms with Crippen molar-refractivity contribution >= 4 is 23.4 Å². The van der Waals surface area contributed by atoms with Crippen LogP contribution in [0.2, 0.25) is 0 Å². The molecule has 1 aromatic heterocycles. The molecule has 3 aromatic carbocycles. The normalized spacial score (nSPS) is 11.2. The van der Waals surface area contributed by atoms with E-state index in [2.05, 4.69) is 31.4 Å². The van der Waals surface area contributed by atoms with E-state index >= 15 is 0 Å². The highest BCUT2D eigenvalue weighted by Gasteiger charge is 2.24. The molecule has 0 aliphatic carbocycles. The second-order valence-electron chi connectivity index (χ2n) is 11.0. The van der Waals surface area contributed by atoms with E-state index in [1.807, 2.05) is 99.6 Å². The van der Waals surface area contributed by atoms with Gasteiger partial charge in [0.05, 0.1) is 11.4 Å². The first-order valence-corrected chi connectivity index (χ1v) is 13.1. The summed E-state index contributed by atoms with van der Waals surface area (Å²) in [7, 11) is 0. The van der Waals surface area contributed by atoms with Crippen LogP contribution in [0.1, 0.15) is 48.7 Å². The molecule has 0 atom stereocenters. The number of benzene rings is 3. The average Bonchev–Trinajstić information content (AvgIpc) is 3.31. The van der Waals surface area contributed by atoms with E-state index in [4.69, 9.17) is 5.10 Å². The van der Waals surface area contributed by atoms with Crippen molar-refractivity contribution in [2.75, 3.05) is 17.2 Å². The number of nitrogens with zero attached hydrogens (tertiary/aromatic N) is 3. The monoisotopic (exact) mass is 523 g/mol. The number of aryl methyl sites for hydroxylation is 3. The van der Waals surface area contributed by atoms with Crippen molar-refractivity contribution in [3.05, 3.63) is 107 Å². The van der Waals surface area contributed by atoms with Crippen LogP contribution in [0.5, 0.6) is 0 Å². The second kappa shape index (κ2) is 11.6. The summed E-state index contributed by atoms with van der Waals surface area (Å²) in [6, 6.07) is 25.1. The Bertz CT molecular complexity index is 1450. The van der Waals surface area contributed by atoms with Crippen molar-refractivity contribution in [2.45, 2.75) is 53.5 Å². The smallest absolute Gasteiger partial charge is 0.311 e. The van der Waals surface area contributed by atoms with Gasteiger partial charge in [-0.3, -0.25) is 4.79 Å². The number of amides is 3. The Balaban J connectivity index is 1.60. The van der Waals surface area contributed by atoms with Crippen molar-refractivity contribution in [2.24, 2.45) is 0 Å². The van der Waals surface area contributed by atoms with E-state index in [0.717, 1.165) is 39.3 Å². The topological polar surface area (TPSA) is 79.3 Å². The molecular formula is C32H37N5O2. The van der Waals surface area contributed by atoms with Gasteiger partial charge in [-0.2, -0.15) is 5.10 Å². The summed E-state index contributed by atoms with van der Waals surface area (Å²) < 4.78 is 1.75. The molecule has 0 radical (unpaired) electrons. The third kappa shape index (κ3) is 6.93. The summed E-state index contributed by atoms with van der Waals surface area (Å²) in [4.78, 5) is 28.4. The van der Waals surface area contributed by atoms with Gasteiger partial charge in [-0.25, -0.2) is 9.48 Å². The van der Waals surface area contributed by atoms with Gasteiger partial charge in [-0.05, 0) is 55.2 Å². The Morgan fingerprint density at radius 2 is 1.51 bits per heavy atom. The van der Waals surface area contributed by atoms with E-state index in [-0.39, 0.29) is 30.4 Å². The molecule has 7 heteroatoms. The number of carbonyl (C=O) groups excluding carboxylic acids is 2. The van der Waals surface area contributed by atoms with Crippen molar-refractivity contribution in [1.29, 1.82) is 0 Å². The maximum Gasteiger partial charge on any atom is 0.322 e. The van der Waals surface area contributed by atoms with E-state index in [9.17, 15) is 9.59 Å². The van der Waals surface area contributed by atoms with Crippen LogP contribution in [0.4, 0.5) is 16.3 Å². The fourth-order valence-electron chi connectivity index (χ4n) is 4.35. The molecule has 1 heterocycles. The number of carbonyl (C=O) groups is 2. The predicted octanol–water partition coefficient (Wildman–Crippen LogP) is 6.77. The molecule has 3 amide bonds. The van der Waals surface area contributed by atoms with Gasteiger partial charge in [0.2, 0.25) is 5.91 Å². The minimum atomic E-state index is -0.339. The molecule has 202 valence electrons. The zero-order valence-corrected chi connectivity index (χ0v) is 23.6. The van der Waals surface area contributed by atoms with Crippen molar-refractivity contribution in [3.8, 4) is 5.69 Å². The Labute approximate surface area is 230 Å². The lowest BCUT2D eigenvalue weighted by Gasteiger charge is -2.24. The van der Waals surface area contributed by atoms with Crippen LogP contribution in [-0.2, 0) is 16.8 Å². The summed E-state index contributed by atoms with van der Waals surface area (Å²) in [5.41, 5.74) is 6.21. The molecule has 39 heavy (non-hydrogen) atoms. The highest BCUT2D eigenvalue weighted by Crippen LogP contribution is 2.27. The first kappa shape index (κ1) is 27.6. The van der Waals surface area contributed by atoms with Crippen LogP contribution >= 0.6 is 0 Å². The van der Waals surface area contributed by atoms with Crippen LogP contribution in [-0.4, -0.2) is 33.2 Å². The zero-order valence-electron chi connectivity index (χ0n) is 23.6. The maximum atomic E-state index is 13.5. The standard InChI is InChI=1S/C32H37N5O2/c1-22-12-10-17-26(18-22)37-28(19-27(35-37)32(4,5)6)33-29(38)21-36(20-25-15-8-7-9-16-25)31(39)34-30-23(2)13-11-14-24(30)3/h7-19H,20-21H2,1-6H3,(H,33,38)(H,34,39). The molecule has 0 spiro atoms. The van der Waals surface area contributed by atoms with Gasteiger partial charge in [0.1, 0.15) is 12.4 Å². The van der Waals surface area contributed by atoms with Gasteiger partial charge in [0, 0.05) is 23.7 Å². The molecular weight excluding hydrogens is 486 g/mol. The summed E-state index contributed by atoms with van der Waals surface area (Å²) in [6.07, 6.45) is 0. The van der Waals surface area contributed by atoms with Gasteiger partial charge >= 0.3 is 6.03 Å². The zero-order chi connectivity index (χ0) is 28.2. The lowest BCUT2D eigenvalue weighted by Crippen LogP contribution is -2.40. The molecule has 4 rings (SSSR count). The molecule has 4 aromatic rings. The van der Waals surface area contributed by atoms with E-state index in [1.165, 1.54) is 4.90 Å². The summed E-state index contributed by atoms with van der Waals surface area (Å²) in [5.74, 6) is 0.252. The molecule has 7 nitrogen and oxygen atoms in total. The average molecular weight is 524 g/mol. The van der Waals surface area contributed by atoms with Crippen molar-refractivity contribution in [1.82, 2.24) is 14.7 Å². The molecule has 0 unspecified atom stereocenters. The third-order valence-corrected chi connectivity index (χ3v) is 6.54. The molecule has 0 aliphatic rings. The van der Waals surface area contributed by atoms with Gasteiger partial charge in [-0.15, -0.1) is 0 Å². The van der Waals surface area contributed by atoms with Crippen LogP contribution < -0.4 is 10.6 Å². The molecule has 0 fully saturated rings. The number of nitrogens with one attached hydrogen (secondary N) is 2. The Kier molecular flexibility index (Phi) is 8.19. The van der Waals surface area contributed by atoms with E-state index in [1.54, 1.807) is 4.68 Å². The van der Waals surface area contributed by atoms with E-state index < -0.39 is 0 Å². The summed E-state index contributed by atoms with van der Waals surface area (Å²) in [6.45, 7) is 12.3. The fourth-order valence-corrected chi connectivity index (χ4v) is 4.35. The van der Waals surface area contributed by atoms with Gasteiger partial charge < -0.3 is 15.5 Å². The number of anilines is 2. The lowest BCUT2D eigenvalue weighted by molar-refractivity contribution is -0.116. The molecule has 2 N–H and O–H groups in total. The van der Waals surface area contributed by atoms with Gasteiger partial charge in [0.15, 0.2) is 0 Å². The third-order valence-electron chi connectivity index (χ3n) is 6.54. The van der Waals surface area contributed by atoms with Crippen molar-refractivity contribution < 1.29 is 9.59 Å². The number of hydrogen-bond acceptors (Lipinski definition) is 3. The molecule has 0 saturated heterocycles. The van der Waals surface area contributed by atoms with Gasteiger partial charge in [-0.1, -0.05) is 81.4 Å².